The van der Waals surface area contributed by atoms with Crippen molar-refractivity contribution in [2.24, 2.45) is 0 Å². The van der Waals surface area contributed by atoms with Gasteiger partial charge in [-0.1, -0.05) is 12.1 Å². The molecule has 7 heteroatoms. The Morgan fingerprint density at radius 1 is 0.679 bits per heavy atom. The molecule has 0 aliphatic heterocycles. The van der Waals surface area contributed by atoms with Gasteiger partial charge >= 0.3 is 0 Å². The molecule has 2 aromatic heterocycles. The van der Waals surface area contributed by atoms with Crippen LogP contribution >= 0.6 is 22.7 Å². The summed E-state index contributed by atoms with van der Waals surface area (Å²) in [4.78, 5) is 9.53. The molecular weight excluding hydrogens is 392 g/mol. The number of thiazole rings is 2. The number of aromatic nitrogens is 2. The van der Waals surface area contributed by atoms with Gasteiger partial charge in [0, 0.05) is 21.9 Å². The van der Waals surface area contributed by atoms with Crippen LogP contribution in [0.4, 0.5) is 0 Å². The third kappa shape index (κ3) is 3.58. The van der Waals surface area contributed by atoms with Crippen molar-refractivity contribution in [3.8, 4) is 49.8 Å². The van der Waals surface area contributed by atoms with E-state index in [0.717, 1.165) is 38.3 Å². The lowest BCUT2D eigenvalue weighted by Gasteiger charge is -2.08. The minimum Gasteiger partial charge on any atom is -0.497 e. The van der Waals surface area contributed by atoms with Gasteiger partial charge in [-0.15, -0.1) is 22.7 Å². The summed E-state index contributed by atoms with van der Waals surface area (Å²) in [6, 6.07) is 13.7. The second-order valence-electron chi connectivity index (χ2n) is 5.88. The van der Waals surface area contributed by atoms with E-state index in [4.69, 9.17) is 24.2 Å². The second kappa shape index (κ2) is 8.00. The summed E-state index contributed by atoms with van der Waals surface area (Å²) in [6.45, 7) is 0. The normalized spacial score (nSPS) is 10.7. The minimum absolute atomic E-state index is 0.684. The van der Waals surface area contributed by atoms with Crippen LogP contribution in [0.25, 0.3) is 32.5 Å². The molecule has 2 heterocycles. The van der Waals surface area contributed by atoms with Crippen LogP contribution in [0, 0.1) is 0 Å². The van der Waals surface area contributed by atoms with Gasteiger partial charge in [-0.05, 0) is 30.3 Å². The Labute approximate surface area is 171 Å². The number of benzene rings is 2. The summed E-state index contributed by atoms with van der Waals surface area (Å²) in [6.07, 6.45) is 0. The molecule has 142 valence electrons. The summed E-state index contributed by atoms with van der Waals surface area (Å²) < 4.78 is 16.0. The van der Waals surface area contributed by atoms with Crippen LogP contribution in [-0.2, 0) is 0 Å². The standard InChI is InChI=1S/C21H18N2O3S2/c1-24-15-6-4-5-13(9-15)16-11-27-20(22-16)21-23-17(12-28-21)14-7-8-18(25-2)19(10-14)26-3/h4-12H,1-3H3. The van der Waals surface area contributed by atoms with Crippen LogP contribution in [0.1, 0.15) is 0 Å². The molecule has 2 aromatic carbocycles. The zero-order chi connectivity index (χ0) is 19.5. The number of rotatable bonds is 6. The van der Waals surface area contributed by atoms with Crippen molar-refractivity contribution in [3.63, 3.8) is 0 Å². The predicted molar refractivity (Wildman–Crippen MR) is 114 cm³/mol. The molecule has 0 amide bonds. The first kappa shape index (κ1) is 18.5. The van der Waals surface area contributed by atoms with Gasteiger partial charge in [-0.25, -0.2) is 9.97 Å². The van der Waals surface area contributed by atoms with Crippen molar-refractivity contribution in [3.05, 3.63) is 53.2 Å². The topological polar surface area (TPSA) is 53.5 Å². The van der Waals surface area contributed by atoms with Crippen LogP contribution in [0.3, 0.4) is 0 Å². The molecule has 0 bridgehead atoms. The largest absolute Gasteiger partial charge is 0.497 e. The van der Waals surface area contributed by atoms with E-state index < -0.39 is 0 Å². The first-order valence-electron chi connectivity index (χ1n) is 8.50. The fraction of sp³-hybridized carbons (Fsp3) is 0.143. The number of nitrogens with zero attached hydrogens (tertiary/aromatic N) is 2. The van der Waals surface area contributed by atoms with Gasteiger partial charge in [0.15, 0.2) is 21.5 Å². The summed E-state index contributed by atoms with van der Waals surface area (Å²) >= 11 is 3.16. The number of methoxy groups -OCH3 is 3. The van der Waals surface area contributed by atoms with Gasteiger partial charge in [-0.3, -0.25) is 0 Å². The van der Waals surface area contributed by atoms with Crippen molar-refractivity contribution in [1.82, 2.24) is 9.97 Å². The number of hydrogen-bond donors (Lipinski definition) is 0. The van der Waals surface area contributed by atoms with E-state index in [-0.39, 0.29) is 0 Å². The zero-order valence-corrected chi connectivity index (χ0v) is 17.3. The Morgan fingerprint density at radius 3 is 1.93 bits per heavy atom. The maximum atomic E-state index is 5.39. The van der Waals surface area contributed by atoms with Crippen LogP contribution < -0.4 is 14.2 Å². The van der Waals surface area contributed by atoms with Crippen molar-refractivity contribution in [1.29, 1.82) is 0 Å². The zero-order valence-electron chi connectivity index (χ0n) is 15.6. The van der Waals surface area contributed by atoms with E-state index in [1.54, 1.807) is 44.0 Å². The lowest BCUT2D eigenvalue weighted by atomic mass is 10.1. The Bertz CT molecular complexity index is 1100. The van der Waals surface area contributed by atoms with Crippen LogP contribution in [0.2, 0.25) is 0 Å². The predicted octanol–water partition coefficient (Wildman–Crippen LogP) is 5.63. The molecular formula is C21H18N2O3S2. The third-order valence-corrected chi connectivity index (χ3v) is 6.06. The maximum absolute atomic E-state index is 5.39. The van der Waals surface area contributed by atoms with E-state index in [0.29, 0.717) is 11.5 Å². The highest BCUT2D eigenvalue weighted by Crippen LogP contribution is 2.36. The van der Waals surface area contributed by atoms with E-state index in [1.165, 1.54) is 0 Å². The van der Waals surface area contributed by atoms with Gasteiger partial charge in [-0.2, -0.15) is 0 Å². The van der Waals surface area contributed by atoms with Crippen molar-refractivity contribution in [2.45, 2.75) is 0 Å². The van der Waals surface area contributed by atoms with E-state index in [2.05, 4.69) is 0 Å². The highest BCUT2D eigenvalue weighted by atomic mass is 32.1. The van der Waals surface area contributed by atoms with Crippen LogP contribution in [0.5, 0.6) is 17.2 Å². The Kier molecular flexibility index (Phi) is 5.27. The number of ether oxygens (including phenoxy) is 3. The summed E-state index contributed by atoms with van der Waals surface area (Å²) in [5.74, 6) is 2.20. The lowest BCUT2D eigenvalue weighted by Crippen LogP contribution is -1.90. The fourth-order valence-electron chi connectivity index (χ4n) is 2.79. The monoisotopic (exact) mass is 410 g/mol. The smallest absolute Gasteiger partial charge is 0.161 e. The fourth-order valence-corrected chi connectivity index (χ4v) is 4.49. The molecule has 0 atom stereocenters. The molecule has 0 spiro atoms. The Balaban J connectivity index is 1.62. The quantitative estimate of drug-likeness (QED) is 0.412. The molecule has 4 rings (SSSR count). The number of hydrogen-bond acceptors (Lipinski definition) is 7. The maximum Gasteiger partial charge on any atom is 0.161 e. The van der Waals surface area contributed by atoms with E-state index in [1.807, 2.05) is 53.2 Å². The third-order valence-electron chi connectivity index (χ3n) is 4.24. The molecule has 28 heavy (non-hydrogen) atoms. The van der Waals surface area contributed by atoms with Gasteiger partial charge in [0.2, 0.25) is 0 Å². The van der Waals surface area contributed by atoms with E-state index >= 15 is 0 Å². The average molecular weight is 411 g/mol. The molecule has 0 N–H and O–H groups in total. The molecule has 0 fully saturated rings. The molecule has 0 unspecified atom stereocenters. The summed E-state index contributed by atoms with van der Waals surface area (Å²) in [5.41, 5.74) is 3.81. The molecule has 0 aliphatic rings. The van der Waals surface area contributed by atoms with Crippen LogP contribution in [0.15, 0.2) is 53.2 Å². The minimum atomic E-state index is 0.684. The molecule has 5 nitrogen and oxygen atoms in total. The molecule has 4 aromatic rings. The molecule has 0 radical (unpaired) electrons. The first-order chi connectivity index (χ1) is 13.7. The summed E-state index contributed by atoms with van der Waals surface area (Å²) in [7, 11) is 4.92. The first-order valence-corrected chi connectivity index (χ1v) is 10.3. The SMILES string of the molecule is COc1cccc(-c2csc(-c3nc(-c4ccc(OC)c(OC)c4)cs3)n2)c1. The van der Waals surface area contributed by atoms with Crippen molar-refractivity contribution >= 4 is 22.7 Å². The second-order valence-corrected chi connectivity index (χ2v) is 7.59. The van der Waals surface area contributed by atoms with E-state index in [9.17, 15) is 0 Å². The van der Waals surface area contributed by atoms with Gasteiger partial charge in [0.05, 0.1) is 32.7 Å². The van der Waals surface area contributed by atoms with Gasteiger partial charge in [0.1, 0.15) is 5.75 Å². The average Bonchev–Trinajstić information content (AvgIpc) is 3.43. The highest BCUT2D eigenvalue weighted by Gasteiger charge is 2.13. The van der Waals surface area contributed by atoms with Crippen molar-refractivity contribution in [2.75, 3.05) is 21.3 Å². The van der Waals surface area contributed by atoms with Crippen molar-refractivity contribution < 1.29 is 14.2 Å². The lowest BCUT2D eigenvalue weighted by molar-refractivity contribution is 0.355. The molecule has 0 saturated carbocycles. The Hall–Kier alpha value is -2.90. The van der Waals surface area contributed by atoms with Gasteiger partial charge < -0.3 is 14.2 Å². The molecule has 0 saturated heterocycles. The summed E-state index contributed by atoms with van der Waals surface area (Å²) in [5, 5.41) is 5.86. The molecule has 0 aliphatic carbocycles. The Morgan fingerprint density at radius 2 is 1.32 bits per heavy atom. The van der Waals surface area contributed by atoms with Crippen LogP contribution in [-0.4, -0.2) is 31.3 Å². The highest BCUT2D eigenvalue weighted by molar-refractivity contribution is 7.20. The van der Waals surface area contributed by atoms with Gasteiger partial charge in [0.25, 0.3) is 0 Å².